The maximum absolute atomic E-state index is 11.5. The minimum atomic E-state index is -0.871. The van der Waals surface area contributed by atoms with Crippen LogP contribution in [0, 0.1) is 5.92 Å². The molecule has 0 aromatic rings. The predicted octanol–water partition coefficient (Wildman–Crippen LogP) is 0.309. The fraction of sp³-hybridized carbons (Fsp3) is 0.818. The summed E-state index contributed by atoms with van der Waals surface area (Å²) in [6.07, 6.45) is 3.21. The van der Waals surface area contributed by atoms with Crippen LogP contribution in [0.2, 0.25) is 0 Å². The summed E-state index contributed by atoms with van der Waals surface area (Å²) in [6, 6.07) is 0. The summed E-state index contributed by atoms with van der Waals surface area (Å²) < 4.78 is 0. The van der Waals surface area contributed by atoms with Crippen molar-refractivity contribution in [3.63, 3.8) is 0 Å². The summed E-state index contributed by atoms with van der Waals surface area (Å²) in [5.74, 6) is -0.356. The Morgan fingerprint density at radius 3 is 2.56 bits per heavy atom. The molecule has 5 heteroatoms. The number of nitrogens with one attached hydrogen (secondary N) is 1. The van der Waals surface area contributed by atoms with Crippen LogP contribution in [0.25, 0.3) is 0 Å². The molecule has 1 fully saturated rings. The Morgan fingerprint density at radius 2 is 2.06 bits per heavy atom. The molecule has 2 N–H and O–H groups in total. The Bertz CT molecular complexity index is 252. The molecule has 0 bridgehead atoms. The number of carbonyl (C=O) groups excluding carboxylic acids is 1. The van der Waals surface area contributed by atoms with Gasteiger partial charge in [0.2, 0.25) is 5.91 Å². The lowest BCUT2D eigenvalue weighted by Crippen LogP contribution is -2.41. The number of nitrogens with zero attached hydrogens (tertiary/aromatic N) is 1. The molecule has 0 spiro atoms. The number of carbonyl (C=O) groups is 2. The van der Waals surface area contributed by atoms with Gasteiger partial charge in [0.1, 0.15) is 0 Å². The van der Waals surface area contributed by atoms with E-state index in [1.807, 2.05) is 6.92 Å². The van der Waals surface area contributed by atoms with Crippen molar-refractivity contribution in [1.29, 1.82) is 0 Å². The molecule has 1 amide bonds. The lowest BCUT2D eigenvalue weighted by molar-refractivity contribution is -0.138. The minimum absolute atomic E-state index is 0.0456. The van der Waals surface area contributed by atoms with Gasteiger partial charge in [0.25, 0.3) is 0 Å². The van der Waals surface area contributed by atoms with E-state index in [9.17, 15) is 9.59 Å². The van der Waals surface area contributed by atoms with Gasteiger partial charge in [0, 0.05) is 13.1 Å². The fourth-order valence-electron chi connectivity index (χ4n) is 1.57. The van der Waals surface area contributed by atoms with E-state index < -0.39 is 5.97 Å². The lowest BCUT2D eigenvalue weighted by Gasteiger charge is -2.19. The molecule has 0 radical (unpaired) electrons. The second-order valence-corrected chi connectivity index (χ2v) is 4.36. The third kappa shape index (κ3) is 5.70. The van der Waals surface area contributed by atoms with Gasteiger partial charge in [-0.25, -0.2) is 0 Å². The number of carboxylic acids is 1. The molecular weight excluding hydrogens is 208 g/mol. The standard InChI is InChI=1S/C11H20N2O3/c1-2-5-12-10(14)7-13(8-11(15)16)6-9-3-4-9/h9H,2-8H2,1H3,(H,12,14)(H,15,16). The molecule has 1 aliphatic rings. The minimum Gasteiger partial charge on any atom is -0.480 e. The van der Waals surface area contributed by atoms with E-state index in [0.717, 1.165) is 25.8 Å². The van der Waals surface area contributed by atoms with Gasteiger partial charge in [0.15, 0.2) is 0 Å². The van der Waals surface area contributed by atoms with Crippen molar-refractivity contribution in [2.24, 2.45) is 5.92 Å². The molecule has 0 aliphatic heterocycles. The zero-order chi connectivity index (χ0) is 12.0. The van der Waals surface area contributed by atoms with Gasteiger partial charge in [-0.3, -0.25) is 14.5 Å². The van der Waals surface area contributed by atoms with Crippen molar-refractivity contribution in [2.75, 3.05) is 26.2 Å². The largest absolute Gasteiger partial charge is 0.480 e. The van der Waals surface area contributed by atoms with Crippen molar-refractivity contribution < 1.29 is 14.7 Å². The van der Waals surface area contributed by atoms with Crippen LogP contribution in [0.15, 0.2) is 0 Å². The number of carboxylic acid groups (broad SMARTS) is 1. The zero-order valence-corrected chi connectivity index (χ0v) is 9.74. The van der Waals surface area contributed by atoms with E-state index >= 15 is 0 Å². The third-order valence-corrected chi connectivity index (χ3v) is 2.51. The number of hydrogen-bond donors (Lipinski definition) is 2. The molecule has 0 atom stereocenters. The van der Waals surface area contributed by atoms with E-state index in [4.69, 9.17) is 5.11 Å². The van der Waals surface area contributed by atoms with Gasteiger partial charge >= 0.3 is 5.97 Å². The molecule has 0 aromatic carbocycles. The molecular formula is C11H20N2O3. The van der Waals surface area contributed by atoms with Crippen LogP contribution in [0.3, 0.4) is 0 Å². The first-order valence-corrected chi connectivity index (χ1v) is 5.82. The van der Waals surface area contributed by atoms with Crippen LogP contribution in [0.5, 0.6) is 0 Å². The van der Waals surface area contributed by atoms with Crippen LogP contribution in [0.1, 0.15) is 26.2 Å². The molecule has 1 rings (SSSR count). The predicted molar refractivity (Wildman–Crippen MR) is 60.1 cm³/mol. The molecule has 0 saturated heterocycles. The fourth-order valence-corrected chi connectivity index (χ4v) is 1.57. The highest BCUT2D eigenvalue weighted by atomic mass is 16.4. The van der Waals surface area contributed by atoms with Gasteiger partial charge < -0.3 is 10.4 Å². The van der Waals surface area contributed by atoms with Crippen molar-refractivity contribution in [2.45, 2.75) is 26.2 Å². The monoisotopic (exact) mass is 228 g/mol. The Kier molecular flexibility index (Phi) is 5.25. The molecule has 5 nitrogen and oxygen atoms in total. The van der Waals surface area contributed by atoms with Crippen molar-refractivity contribution in [3.05, 3.63) is 0 Å². The van der Waals surface area contributed by atoms with E-state index in [1.165, 1.54) is 0 Å². The normalized spacial score (nSPS) is 15.1. The highest BCUT2D eigenvalue weighted by Gasteiger charge is 2.26. The van der Waals surface area contributed by atoms with Gasteiger partial charge in [-0.2, -0.15) is 0 Å². The molecule has 1 saturated carbocycles. The summed E-state index contributed by atoms with van der Waals surface area (Å²) in [5.41, 5.74) is 0. The summed E-state index contributed by atoms with van der Waals surface area (Å²) in [6.45, 7) is 3.52. The maximum atomic E-state index is 11.5. The number of rotatable bonds is 8. The van der Waals surface area contributed by atoms with Crippen molar-refractivity contribution in [3.8, 4) is 0 Å². The Labute approximate surface area is 95.8 Å². The van der Waals surface area contributed by atoms with Crippen LogP contribution >= 0.6 is 0 Å². The number of aliphatic carboxylic acids is 1. The molecule has 0 heterocycles. The van der Waals surface area contributed by atoms with E-state index in [0.29, 0.717) is 12.5 Å². The van der Waals surface area contributed by atoms with Crippen LogP contribution in [-0.2, 0) is 9.59 Å². The molecule has 16 heavy (non-hydrogen) atoms. The number of hydrogen-bond acceptors (Lipinski definition) is 3. The smallest absolute Gasteiger partial charge is 0.317 e. The highest BCUT2D eigenvalue weighted by Crippen LogP contribution is 2.29. The van der Waals surface area contributed by atoms with Gasteiger partial charge in [-0.05, 0) is 25.2 Å². The first-order chi connectivity index (χ1) is 7.61. The second-order valence-electron chi connectivity index (χ2n) is 4.36. The van der Waals surface area contributed by atoms with Crippen LogP contribution < -0.4 is 5.32 Å². The van der Waals surface area contributed by atoms with Crippen molar-refractivity contribution >= 4 is 11.9 Å². The average Bonchev–Trinajstić information content (AvgIpc) is 2.97. The highest BCUT2D eigenvalue weighted by molar-refractivity contribution is 5.79. The first kappa shape index (κ1) is 13.0. The summed E-state index contributed by atoms with van der Waals surface area (Å²) in [4.78, 5) is 23.8. The molecule has 0 unspecified atom stereocenters. The number of amides is 1. The third-order valence-electron chi connectivity index (χ3n) is 2.51. The van der Waals surface area contributed by atoms with E-state index in [2.05, 4.69) is 5.32 Å². The summed E-state index contributed by atoms with van der Waals surface area (Å²) >= 11 is 0. The SMILES string of the molecule is CCCNC(=O)CN(CC(=O)O)CC1CC1. The van der Waals surface area contributed by atoms with Crippen LogP contribution in [0.4, 0.5) is 0 Å². The maximum Gasteiger partial charge on any atom is 0.317 e. The Hall–Kier alpha value is -1.10. The van der Waals surface area contributed by atoms with Gasteiger partial charge in [0.05, 0.1) is 13.1 Å². The first-order valence-electron chi connectivity index (χ1n) is 5.82. The molecule has 92 valence electrons. The zero-order valence-electron chi connectivity index (χ0n) is 9.74. The van der Waals surface area contributed by atoms with E-state index in [1.54, 1.807) is 4.90 Å². The van der Waals surface area contributed by atoms with Gasteiger partial charge in [-0.15, -0.1) is 0 Å². The van der Waals surface area contributed by atoms with Gasteiger partial charge in [-0.1, -0.05) is 6.92 Å². The average molecular weight is 228 g/mol. The lowest BCUT2D eigenvalue weighted by atomic mass is 10.3. The van der Waals surface area contributed by atoms with E-state index in [-0.39, 0.29) is 19.0 Å². The van der Waals surface area contributed by atoms with Crippen LogP contribution in [-0.4, -0.2) is 48.1 Å². The molecule has 0 aromatic heterocycles. The summed E-state index contributed by atoms with van der Waals surface area (Å²) in [7, 11) is 0. The second kappa shape index (κ2) is 6.48. The Balaban J connectivity index is 2.29. The quantitative estimate of drug-likeness (QED) is 0.627. The summed E-state index contributed by atoms with van der Waals surface area (Å²) in [5, 5.41) is 11.5. The topological polar surface area (TPSA) is 69.6 Å². The Morgan fingerprint density at radius 1 is 1.38 bits per heavy atom. The molecule has 1 aliphatic carbocycles. The van der Waals surface area contributed by atoms with Crippen molar-refractivity contribution in [1.82, 2.24) is 10.2 Å².